The quantitative estimate of drug-likeness (QED) is 0.667. The van der Waals surface area contributed by atoms with Gasteiger partial charge in [-0.25, -0.2) is 13.1 Å². The largest absolute Gasteiger partial charge is 0.299 e. The third-order valence-corrected chi connectivity index (χ3v) is 9.93. The molecule has 2 aromatic rings. The van der Waals surface area contributed by atoms with Crippen molar-refractivity contribution in [3.8, 4) is 0 Å². The van der Waals surface area contributed by atoms with Crippen LogP contribution in [-0.2, 0) is 21.4 Å². The van der Waals surface area contributed by atoms with Gasteiger partial charge in [-0.15, -0.1) is 11.3 Å². The van der Waals surface area contributed by atoms with Gasteiger partial charge in [0, 0.05) is 34.2 Å². The fourth-order valence-corrected chi connectivity index (χ4v) is 8.24. The highest BCUT2D eigenvalue weighted by molar-refractivity contribution is 7.89. The third-order valence-electron chi connectivity index (χ3n) is 6.71. The van der Waals surface area contributed by atoms with Gasteiger partial charge in [0.1, 0.15) is 5.78 Å². The standard InChI is InChI=1S/C20H23NO4S3/c1-19(2)14-5-7-20(19,17(22)9-14)12-28(24,25)21-10-15-3-4-16(27-15)18(23)13-6-8-26-11-13/h3-4,6,8,11,14,21H,5,7,9-10,12H2,1-2H3/t14-,20+/m0/s1. The first-order valence-corrected chi connectivity index (χ1v) is 12.7. The molecule has 150 valence electrons. The Labute approximate surface area is 173 Å². The molecule has 4 rings (SSSR count). The van der Waals surface area contributed by atoms with Crippen LogP contribution in [0.4, 0.5) is 0 Å². The second-order valence-corrected chi connectivity index (χ2v) is 12.1. The van der Waals surface area contributed by atoms with Crippen molar-refractivity contribution in [2.45, 2.75) is 39.7 Å². The molecule has 2 heterocycles. The van der Waals surface area contributed by atoms with Crippen molar-refractivity contribution in [1.29, 1.82) is 0 Å². The molecule has 0 aliphatic heterocycles. The Morgan fingerprint density at radius 2 is 2.07 bits per heavy atom. The van der Waals surface area contributed by atoms with E-state index in [1.807, 2.05) is 19.2 Å². The van der Waals surface area contributed by atoms with E-state index in [0.717, 1.165) is 11.3 Å². The number of Topliss-reactive ketones (excluding diaryl/α,β-unsaturated/α-hetero) is 1. The normalized spacial score (nSPS) is 26.1. The summed E-state index contributed by atoms with van der Waals surface area (Å²) in [7, 11) is -3.61. The monoisotopic (exact) mass is 437 g/mol. The Morgan fingerprint density at radius 3 is 2.68 bits per heavy atom. The summed E-state index contributed by atoms with van der Waals surface area (Å²) in [6.45, 7) is 4.21. The molecule has 2 fully saturated rings. The van der Waals surface area contributed by atoms with Crippen LogP contribution < -0.4 is 4.72 Å². The highest BCUT2D eigenvalue weighted by Gasteiger charge is 2.65. The Bertz CT molecular complexity index is 1020. The lowest BCUT2D eigenvalue weighted by Gasteiger charge is -2.36. The van der Waals surface area contributed by atoms with Crippen LogP contribution in [0.3, 0.4) is 0 Å². The Kier molecular flexibility index (Phi) is 4.89. The highest BCUT2D eigenvalue weighted by Crippen LogP contribution is 2.64. The van der Waals surface area contributed by atoms with Crippen LogP contribution >= 0.6 is 22.7 Å². The van der Waals surface area contributed by atoms with Gasteiger partial charge in [-0.2, -0.15) is 11.3 Å². The summed E-state index contributed by atoms with van der Waals surface area (Å²) in [5.74, 6) is 0.195. The van der Waals surface area contributed by atoms with E-state index >= 15 is 0 Å². The maximum atomic E-state index is 12.8. The molecule has 5 nitrogen and oxygen atoms in total. The summed E-state index contributed by atoms with van der Waals surface area (Å²) in [6.07, 6.45) is 2.08. The van der Waals surface area contributed by atoms with E-state index in [-0.39, 0.29) is 35.2 Å². The number of fused-ring (bicyclic) bond motifs is 2. The number of sulfonamides is 1. The number of hydrogen-bond acceptors (Lipinski definition) is 6. The van der Waals surface area contributed by atoms with Crippen LogP contribution in [-0.4, -0.2) is 25.7 Å². The van der Waals surface area contributed by atoms with Crippen LogP contribution in [0.5, 0.6) is 0 Å². The molecular formula is C20H23NO4S3. The van der Waals surface area contributed by atoms with E-state index < -0.39 is 15.4 Å². The van der Waals surface area contributed by atoms with E-state index in [1.165, 1.54) is 22.7 Å². The second-order valence-electron chi connectivity index (χ2n) is 8.35. The van der Waals surface area contributed by atoms with Gasteiger partial charge in [-0.3, -0.25) is 9.59 Å². The molecule has 0 spiro atoms. The van der Waals surface area contributed by atoms with Crippen molar-refractivity contribution in [3.05, 3.63) is 44.3 Å². The number of rotatable bonds is 7. The molecule has 8 heteroatoms. The molecular weight excluding hydrogens is 414 g/mol. The Morgan fingerprint density at radius 1 is 1.29 bits per heavy atom. The molecule has 2 saturated carbocycles. The van der Waals surface area contributed by atoms with Crippen LogP contribution in [0.25, 0.3) is 0 Å². The average molecular weight is 438 g/mol. The molecule has 0 unspecified atom stereocenters. The molecule has 1 N–H and O–H groups in total. The Hall–Kier alpha value is -1.35. The number of carbonyl (C=O) groups is 2. The molecule has 0 amide bonds. The minimum atomic E-state index is -3.61. The van der Waals surface area contributed by atoms with Crippen LogP contribution in [0, 0.1) is 16.7 Å². The van der Waals surface area contributed by atoms with Crippen molar-refractivity contribution < 1.29 is 18.0 Å². The average Bonchev–Trinajstić information content (AvgIpc) is 3.38. The first-order valence-electron chi connectivity index (χ1n) is 9.31. The molecule has 2 aliphatic rings. The smallest absolute Gasteiger partial charge is 0.212 e. The van der Waals surface area contributed by atoms with Gasteiger partial charge in [0.2, 0.25) is 15.8 Å². The van der Waals surface area contributed by atoms with Crippen LogP contribution in [0.15, 0.2) is 29.0 Å². The van der Waals surface area contributed by atoms with Gasteiger partial charge in [0.05, 0.1) is 10.6 Å². The van der Waals surface area contributed by atoms with Crippen molar-refractivity contribution >= 4 is 44.3 Å². The van der Waals surface area contributed by atoms with Crippen molar-refractivity contribution in [2.24, 2.45) is 16.7 Å². The predicted octanol–water partition coefficient (Wildman–Crippen LogP) is 3.86. The van der Waals surface area contributed by atoms with E-state index in [9.17, 15) is 18.0 Å². The zero-order chi connectivity index (χ0) is 20.2. The second kappa shape index (κ2) is 6.86. The lowest BCUT2D eigenvalue weighted by atomic mass is 9.70. The van der Waals surface area contributed by atoms with Crippen molar-refractivity contribution in [1.82, 2.24) is 4.72 Å². The zero-order valence-electron chi connectivity index (χ0n) is 15.9. The minimum absolute atomic E-state index is 0.0467. The van der Waals surface area contributed by atoms with Gasteiger partial charge in [-0.05, 0) is 47.8 Å². The third kappa shape index (κ3) is 3.20. The maximum Gasteiger partial charge on any atom is 0.212 e. The zero-order valence-corrected chi connectivity index (χ0v) is 18.3. The lowest BCUT2D eigenvalue weighted by molar-refractivity contribution is -0.128. The predicted molar refractivity (Wildman–Crippen MR) is 111 cm³/mol. The van der Waals surface area contributed by atoms with Gasteiger partial charge in [0.25, 0.3) is 0 Å². The molecule has 28 heavy (non-hydrogen) atoms. The molecule has 0 saturated heterocycles. The molecule has 0 radical (unpaired) electrons. The van der Waals surface area contributed by atoms with E-state index in [4.69, 9.17) is 0 Å². The fraction of sp³-hybridized carbons (Fsp3) is 0.500. The first-order chi connectivity index (χ1) is 13.1. The Balaban J connectivity index is 1.44. The SMILES string of the molecule is CC1(C)[C@H]2CC[C@@]1(CS(=O)(=O)NCc1ccc(C(=O)c3ccsc3)s1)C(=O)C2. The molecule has 0 aromatic carbocycles. The molecule has 2 aromatic heterocycles. The molecule has 2 bridgehead atoms. The summed E-state index contributed by atoms with van der Waals surface area (Å²) >= 11 is 2.76. The summed E-state index contributed by atoms with van der Waals surface area (Å²) in [6, 6.07) is 5.29. The fourth-order valence-electron chi connectivity index (χ4n) is 4.80. The number of hydrogen-bond donors (Lipinski definition) is 1. The van der Waals surface area contributed by atoms with Crippen LogP contribution in [0.1, 0.15) is 53.2 Å². The summed E-state index contributed by atoms with van der Waals surface area (Å²) in [5, 5.41) is 3.66. The van der Waals surface area contributed by atoms with Crippen molar-refractivity contribution in [3.63, 3.8) is 0 Å². The number of carbonyl (C=O) groups excluding carboxylic acids is 2. The molecule has 2 aliphatic carbocycles. The lowest BCUT2D eigenvalue weighted by Crippen LogP contribution is -2.45. The minimum Gasteiger partial charge on any atom is -0.299 e. The number of nitrogens with one attached hydrogen (secondary N) is 1. The van der Waals surface area contributed by atoms with Crippen molar-refractivity contribution in [2.75, 3.05) is 5.75 Å². The maximum absolute atomic E-state index is 12.8. The first kappa shape index (κ1) is 19.9. The number of ketones is 2. The van der Waals surface area contributed by atoms with Gasteiger partial charge >= 0.3 is 0 Å². The van der Waals surface area contributed by atoms with E-state index in [2.05, 4.69) is 4.72 Å². The topological polar surface area (TPSA) is 80.3 Å². The van der Waals surface area contributed by atoms with Gasteiger partial charge in [0.15, 0.2) is 0 Å². The summed E-state index contributed by atoms with van der Waals surface area (Å²) < 4.78 is 28.2. The van der Waals surface area contributed by atoms with Gasteiger partial charge in [-0.1, -0.05) is 13.8 Å². The molecule has 2 atom stereocenters. The number of thiophene rings is 2. The van der Waals surface area contributed by atoms with E-state index in [1.54, 1.807) is 23.6 Å². The van der Waals surface area contributed by atoms with Gasteiger partial charge < -0.3 is 0 Å². The summed E-state index contributed by atoms with van der Waals surface area (Å²) in [4.78, 5) is 26.3. The highest BCUT2D eigenvalue weighted by atomic mass is 32.2. The summed E-state index contributed by atoms with van der Waals surface area (Å²) in [5.41, 5.74) is -0.392. The van der Waals surface area contributed by atoms with E-state index in [0.29, 0.717) is 23.3 Å². The van der Waals surface area contributed by atoms with Crippen LogP contribution in [0.2, 0.25) is 0 Å².